The smallest absolute Gasteiger partial charge is 0.222 e. The Balaban J connectivity index is 1.84. The van der Waals surface area contributed by atoms with Crippen LogP contribution in [-0.2, 0) is 16.1 Å². The molecule has 25 heavy (non-hydrogen) atoms. The molecule has 0 fully saturated rings. The van der Waals surface area contributed by atoms with Crippen molar-refractivity contribution in [3.05, 3.63) is 39.8 Å². The zero-order valence-electron chi connectivity index (χ0n) is 15.2. The molecule has 0 unspecified atom stereocenters. The number of thiophene rings is 1. The summed E-state index contributed by atoms with van der Waals surface area (Å²) in [5, 5.41) is 12.2. The average Bonchev–Trinajstić information content (AvgIpc) is 3.14. The summed E-state index contributed by atoms with van der Waals surface area (Å²) in [7, 11) is 0. The van der Waals surface area contributed by atoms with Crippen molar-refractivity contribution < 1.29 is 9.59 Å². The SMILES string of the molecule is CC(=O)N[C@H](CC(=O)NC[C@@H](C)Cn1nc(C)cc1C)c1cccs1. The molecule has 2 heterocycles. The van der Waals surface area contributed by atoms with Gasteiger partial charge in [0.15, 0.2) is 0 Å². The summed E-state index contributed by atoms with van der Waals surface area (Å²) in [6, 6.07) is 5.63. The molecule has 7 heteroatoms. The molecule has 0 aliphatic heterocycles. The van der Waals surface area contributed by atoms with E-state index in [1.165, 1.54) is 18.3 Å². The Bertz CT molecular complexity index is 709. The van der Waals surface area contributed by atoms with Crippen LogP contribution in [0, 0.1) is 19.8 Å². The van der Waals surface area contributed by atoms with Crippen LogP contribution in [0.2, 0.25) is 0 Å². The third-order valence-electron chi connectivity index (χ3n) is 3.89. The van der Waals surface area contributed by atoms with Gasteiger partial charge < -0.3 is 10.6 Å². The van der Waals surface area contributed by atoms with E-state index < -0.39 is 0 Å². The second-order valence-corrected chi connectivity index (χ2v) is 7.47. The molecule has 0 aromatic carbocycles. The summed E-state index contributed by atoms with van der Waals surface area (Å²) in [5.41, 5.74) is 2.13. The van der Waals surface area contributed by atoms with E-state index in [0.29, 0.717) is 6.54 Å². The van der Waals surface area contributed by atoms with Crippen molar-refractivity contribution in [2.24, 2.45) is 5.92 Å². The van der Waals surface area contributed by atoms with E-state index in [0.717, 1.165) is 22.8 Å². The standard InChI is InChI=1S/C18H26N4O2S/c1-12(11-22-14(3)8-13(2)21-22)10-19-18(24)9-16(20-15(4)23)17-6-5-7-25-17/h5-8,12,16H,9-11H2,1-4H3,(H,19,24)(H,20,23)/t12-,16-/m1/s1. The highest BCUT2D eigenvalue weighted by Gasteiger charge is 2.18. The summed E-state index contributed by atoms with van der Waals surface area (Å²) in [6.07, 6.45) is 0.243. The van der Waals surface area contributed by atoms with Crippen LogP contribution < -0.4 is 10.6 Å². The lowest BCUT2D eigenvalue weighted by Gasteiger charge is -2.18. The number of rotatable bonds is 8. The molecule has 0 bridgehead atoms. The number of aryl methyl sites for hydroxylation is 2. The molecule has 2 atom stereocenters. The average molecular weight is 362 g/mol. The van der Waals surface area contributed by atoms with E-state index in [2.05, 4.69) is 22.7 Å². The van der Waals surface area contributed by atoms with E-state index in [1.807, 2.05) is 42.1 Å². The normalized spacial score (nSPS) is 13.3. The number of carbonyl (C=O) groups excluding carboxylic acids is 2. The fourth-order valence-electron chi connectivity index (χ4n) is 2.72. The Labute approximate surface area is 152 Å². The predicted octanol–water partition coefficient (Wildman–Crippen LogP) is 2.58. The molecule has 6 nitrogen and oxygen atoms in total. The van der Waals surface area contributed by atoms with Crippen LogP contribution in [0.15, 0.2) is 23.6 Å². The molecular formula is C18H26N4O2S. The molecule has 136 valence electrons. The van der Waals surface area contributed by atoms with Crippen LogP contribution >= 0.6 is 11.3 Å². The number of amides is 2. The van der Waals surface area contributed by atoms with Crippen molar-refractivity contribution in [1.82, 2.24) is 20.4 Å². The van der Waals surface area contributed by atoms with Crippen LogP contribution in [0.4, 0.5) is 0 Å². The summed E-state index contributed by atoms with van der Waals surface area (Å²) in [4.78, 5) is 24.7. The summed E-state index contributed by atoms with van der Waals surface area (Å²) in [6.45, 7) is 8.90. The van der Waals surface area contributed by atoms with E-state index in [1.54, 1.807) is 0 Å². The van der Waals surface area contributed by atoms with Crippen molar-refractivity contribution in [2.75, 3.05) is 6.54 Å². The van der Waals surface area contributed by atoms with Crippen molar-refractivity contribution in [2.45, 2.75) is 46.7 Å². The zero-order valence-corrected chi connectivity index (χ0v) is 16.0. The molecule has 0 aliphatic rings. The summed E-state index contributed by atoms with van der Waals surface area (Å²) < 4.78 is 1.97. The van der Waals surface area contributed by atoms with Crippen LogP contribution in [0.25, 0.3) is 0 Å². The number of carbonyl (C=O) groups is 2. The first kappa shape index (κ1) is 19.2. The van der Waals surface area contributed by atoms with Crippen LogP contribution in [0.3, 0.4) is 0 Å². The van der Waals surface area contributed by atoms with Gasteiger partial charge in [-0.2, -0.15) is 5.10 Å². The second-order valence-electron chi connectivity index (χ2n) is 6.49. The van der Waals surface area contributed by atoms with Crippen LogP contribution in [0.1, 0.15) is 42.6 Å². The molecule has 2 amide bonds. The lowest BCUT2D eigenvalue weighted by molar-refractivity contribution is -0.122. The van der Waals surface area contributed by atoms with Crippen molar-refractivity contribution >= 4 is 23.2 Å². The predicted molar refractivity (Wildman–Crippen MR) is 99.4 cm³/mol. The van der Waals surface area contributed by atoms with Gasteiger partial charge in [-0.15, -0.1) is 11.3 Å². The van der Waals surface area contributed by atoms with Gasteiger partial charge in [0.05, 0.1) is 18.2 Å². The molecule has 2 aromatic rings. The summed E-state index contributed by atoms with van der Waals surface area (Å²) >= 11 is 1.54. The first-order valence-electron chi connectivity index (χ1n) is 8.43. The number of hydrogen-bond donors (Lipinski definition) is 2. The Hall–Kier alpha value is -2.15. The molecule has 0 saturated carbocycles. The first-order valence-corrected chi connectivity index (χ1v) is 9.31. The van der Waals surface area contributed by atoms with Gasteiger partial charge in [0, 0.05) is 30.6 Å². The van der Waals surface area contributed by atoms with Gasteiger partial charge in [0.2, 0.25) is 11.8 Å². The number of hydrogen-bond acceptors (Lipinski definition) is 4. The number of nitrogens with zero attached hydrogens (tertiary/aromatic N) is 2. The van der Waals surface area contributed by atoms with E-state index in [-0.39, 0.29) is 30.2 Å². The second kappa shape index (κ2) is 8.80. The highest BCUT2D eigenvalue weighted by molar-refractivity contribution is 7.10. The van der Waals surface area contributed by atoms with E-state index >= 15 is 0 Å². The minimum absolute atomic E-state index is 0.0626. The highest BCUT2D eigenvalue weighted by Crippen LogP contribution is 2.22. The molecule has 0 spiro atoms. The van der Waals surface area contributed by atoms with Gasteiger partial charge in [0.25, 0.3) is 0 Å². The minimum atomic E-state index is -0.274. The third kappa shape index (κ3) is 6.01. The van der Waals surface area contributed by atoms with Gasteiger partial charge in [-0.25, -0.2) is 0 Å². The van der Waals surface area contributed by atoms with E-state index in [4.69, 9.17) is 0 Å². The first-order chi connectivity index (χ1) is 11.8. The fourth-order valence-corrected chi connectivity index (χ4v) is 3.50. The Morgan fingerprint density at radius 2 is 2.12 bits per heavy atom. The molecule has 0 radical (unpaired) electrons. The minimum Gasteiger partial charge on any atom is -0.356 e. The largest absolute Gasteiger partial charge is 0.356 e. The van der Waals surface area contributed by atoms with E-state index in [9.17, 15) is 9.59 Å². The molecule has 2 aromatic heterocycles. The van der Waals surface area contributed by atoms with Crippen molar-refractivity contribution in [1.29, 1.82) is 0 Å². The molecule has 2 N–H and O–H groups in total. The van der Waals surface area contributed by atoms with Gasteiger partial charge in [-0.05, 0) is 37.3 Å². The monoisotopic (exact) mass is 362 g/mol. The molecule has 2 rings (SSSR count). The fraction of sp³-hybridized carbons (Fsp3) is 0.500. The maximum absolute atomic E-state index is 12.3. The summed E-state index contributed by atoms with van der Waals surface area (Å²) in [5.74, 6) is 0.0689. The highest BCUT2D eigenvalue weighted by atomic mass is 32.1. The van der Waals surface area contributed by atoms with Gasteiger partial charge in [0.1, 0.15) is 0 Å². The zero-order chi connectivity index (χ0) is 18.4. The quantitative estimate of drug-likeness (QED) is 0.758. The molecular weight excluding hydrogens is 336 g/mol. The Kier molecular flexibility index (Phi) is 6.75. The third-order valence-corrected chi connectivity index (χ3v) is 4.88. The lowest BCUT2D eigenvalue weighted by atomic mass is 10.1. The number of aromatic nitrogens is 2. The topological polar surface area (TPSA) is 76.0 Å². The van der Waals surface area contributed by atoms with Crippen molar-refractivity contribution in [3.63, 3.8) is 0 Å². The van der Waals surface area contributed by atoms with Crippen molar-refractivity contribution in [3.8, 4) is 0 Å². The Morgan fingerprint density at radius 1 is 1.36 bits per heavy atom. The molecule has 0 saturated heterocycles. The van der Waals surface area contributed by atoms with Gasteiger partial charge in [-0.1, -0.05) is 13.0 Å². The maximum Gasteiger partial charge on any atom is 0.222 e. The number of nitrogens with one attached hydrogen (secondary N) is 2. The maximum atomic E-state index is 12.3. The van der Waals surface area contributed by atoms with Crippen LogP contribution in [0.5, 0.6) is 0 Å². The lowest BCUT2D eigenvalue weighted by Crippen LogP contribution is -2.34. The van der Waals surface area contributed by atoms with Gasteiger partial charge >= 0.3 is 0 Å². The molecule has 0 aliphatic carbocycles. The van der Waals surface area contributed by atoms with Gasteiger partial charge in [-0.3, -0.25) is 14.3 Å². The Morgan fingerprint density at radius 3 is 2.68 bits per heavy atom. The van der Waals surface area contributed by atoms with Crippen LogP contribution in [-0.4, -0.2) is 28.1 Å².